The highest BCUT2D eigenvalue weighted by molar-refractivity contribution is 7.99. The minimum atomic E-state index is -0.432. The van der Waals surface area contributed by atoms with Gasteiger partial charge >= 0.3 is 5.97 Å². The Labute approximate surface area is 170 Å². The molecule has 0 radical (unpaired) electrons. The molecule has 2 heterocycles. The first kappa shape index (κ1) is 20.0. The second-order valence-corrected chi connectivity index (χ2v) is 7.63. The fraction of sp³-hybridized carbons (Fsp3) is 0.278. The molecule has 0 unspecified atom stereocenters. The van der Waals surface area contributed by atoms with Gasteiger partial charge in [-0.05, 0) is 32.9 Å². The molecule has 0 spiro atoms. The van der Waals surface area contributed by atoms with Crippen LogP contribution in [0.25, 0.3) is 5.69 Å². The number of nitrogens with zero attached hydrogens (tertiary/aromatic N) is 4. The van der Waals surface area contributed by atoms with Crippen LogP contribution in [0, 0.1) is 13.8 Å². The van der Waals surface area contributed by atoms with Crippen molar-refractivity contribution < 1.29 is 14.3 Å². The monoisotopic (exact) mass is 417 g/mol. The molecule has 0 saturated heterocycles. The summed E-state index contributed by atoms with van der Waals surface area (Å²) in [6, 6.07) is 9.71. The molecule has 0 fully saturated rings. The van der Waals surface area contributed by atoms with Crippen molar-refractivity contribution in [2.45, 2.75) is 25.9 Å². The molecule has 3 aromatic rings. The van der Waals surface area contributed by atoms with Gasteiger partial charge in [0.15, 0.2) is 10.3 Å². The summed E-state index contributed by atoms with van der Waals surface area (Å²) in [5.74, 6) is 0.204. The number of aryl methyl sites for hydroxylation is 2. The minimum Gasteiger partial charge on any atom is -0.462 e. The van der Waals surface area contributed by atoms with Crippen molar-refractivity contribution in [3.05, 3.63) is 46.7 Å². The fourth-order valence-corrected chi connectivity index (χ4v) is 4.11. The van der Waals surface area contributed by atoms with Crippen LogP contribution in [-0.2, 0) is 9.53 Å². The number of thioether (sulfide) groups is 1. The van der Waals surface area contributed by atoms with Crippen LogP contribution < -0.4 is 5.32 Å². The van der Waals surface area contributed by atoms with E-state index in [1.54, 1.807) is 13.8 Å². The Kier molecular flexibility index (Phi) is 6.42. The Bertz CT molecular complexity index is 985. The van der Waals surface area contributed by atoms with Crippen LogP contribution in [-0.4, -0.2) is 44.0 Å². The van der Waals surface area contributed by atoms with E-state index >= 15 is 0 Å². The highest BCUT2D eigenvalue weighted by atomic mass is 32.2. The molecule has 0 bridgehead atoms. The summed E-state index contributed by atoms with van der Waals surface area (Å²) in [6.07, 6.45) is 0. The third kappa shape index (κ3) is 4.57. The molecule has 28 heavy (non-hydrogen) atoms. The number of anilines is 1. The molecule has 10 heteroatoms. The summed E-state index contributed by atoms with van der Waals surface area (Å²) < 4.78 is 6.88. The molecular formula is C18H19N5O3S2. The summed E-state index contributed by atoms with van der Waals surface area (Å²) in [5.41, 5.74) is 1.47. The van der Waals surface area contributed by atoms with Crippen LogP contribution in [0.1, 0.15) is 28.1 Å². The number of ether oxygens (including phenoxy) is 1. The van der Waals surface area contributed by atoms with Crippen molar-refractivity contribution in [3.8, 4) is 5.69 Å². The summed E-state index contributed by atoms with van der Waals surface area (Å²) in [6.45, 7) is 5.60. The van der Waals surface area contributed by atoms with Gasteiger partial charge in [0.2, 0.25) is 5.91 Å². The van der Waals surface area contributed by atoms with Crippen molar-refractivity contribution in [1.29, 1.82) is 0 Å². The number of hydrogen-bond acceptors (Lipinski definition) is 8. The molecule has 1 aromatic carbocycles. The van der Waals surface area contributed by atoms with E-state index in [4.69, 9.17) is 4.74 Å². The molecule has 0 aliphatic rings. The summed E-state index contributed by atoms with van der Waals surface area (Å²) in [4.78, 5) is 28.8. The predicted octanol–water partition coefficient (Wildman–Crippen LogP) is 3.25. The first-order chi connectivity index (χ1) is 13.5. The van der Waals surface area contributed by atoms with Crippen molar-refractivity contribution in [2.75, 3.05) is 17.7 Å². The number of carbonyl (C=O) groups excluding carboxylic acids is 2. The smallest absolute Gasteiger partial charge is 0.350 e. The van der Waals surface area contributed by atoms with E-state index in [0.29, 0.717) is 20.9 Å². The Balaban J connectivity index is 1.65. The topological polar surface area (TPSA) is 99.0 Å². The molecule has 1 amide bonds. The van der Waals surface area contributed by atoms with Gasteiger partial charge in [0.25, 0.3) is 0 Å². The Morgan fingerprint density at radius 3 is 2.68 bits per heavy atom. The number of benzene rings is 1. The number of amides is 1. The highest BCUT2D eigenvalue weighted by Crippen LogP contribution is 2.25. The maximum atomic E-state index is 12.3. The standard InChI is InChI=1S/C18H19N5O3S2/c1-4-26-16(25)15-11(2)19-17(28-15)20-14(24)10-27-18-22-21-12(3)23(18)13-8-6-5-7-9-13/h5-9H,4,10H2,1-3H3,(H,19,20,24). The molecule has 0 saturated carbocycles. The van der Waals surface area contributed by atoms with Gasteiger partial charge in [-0.1, -0.05) is 41.3 Å². The lowest BCUT2D eigenvalue weighted by Crippen LogP contribution is -2.14. The van der Waals surface area contributed by atoms with Gasteiger partial charge < -0.3 is 10.1 Å². The van der Waals surface area contributed by atoms with Gasteiger partial charge in [-0.2, -0.15) is 0 Å². The molecule has 8 nitrogen and oxygen atoms in total. The number of esters is 1. The Hall–Kier alpha value is -2.72. The maximum Gasteiger partial charge on any atom is 0.350 e. The van der Waals surface area contributed by atoms with Gasteiger partial charge in [0, 0.05) is 5.69 Å². The average Bonchev–Trinajstić information content (AvgIpc) is 3.23. The highest BCUT2D eigenvalue weighted by Gasteiger charge is 2.18. The zero-order valence-electron chi connectivity index (χ0n) is 15.6. The maximum absolute atomic E-state index is 12.3. The molecular weight excluding hydrogens is 398 g/mol. The lowest BCUT2D eigenvalue weighted by Gasteiger charge is -2.07. The van der Waals surface area contributed by atoms with E-state index in [-0.39, 0.29) is 18.3 Å². The normalized spacial score (nSPS) is 10.7. The molecule has 2 aromatic heterocycles. The average molecular weight is 418 g/mol. The number of rotatable bonds is 7. The van der Waals surface area contributed by atoms with E-state index in [9.17, 15) is 9.59 Å². The van der Waals surface area contributed by atoms with Gasteiger partial charge in [-0.25, -0.2) is 9.78 Å². The van der Waals surface area contributed by atoms with Gasteiger partial charge in [0.05, 0.1) is 18.1 Å². The third-order valence-corrected chi connectivity index (χ3v) is 5.63. The first-order valence-corrected chi connectivity index (χ1v) is 10.3. The largest absolute Gasteiger partial charge is 0.462 e. The third-order valence-electron chi connectivity index (χ3n) is 3.65. The second kappa shape index (κ2) is 8.98. The van der Waals surface area contributed by atoms with Gasteiger partial charge in [-0.3, -0.25) is 9.36 Å². The zero-order valence-corrected chi connectivity index (χ0v) is 17.3. The van der Waals surface area contributed by atoms with Gasteiger partial charge in [-0.15, -0.1) is 10.2 Å². The van der Waals surface area contributed by atoms with E-state index in [1.165, 1.54) is 11.8 Å². The van der Waals surface area contributed by atoms with E-state index in [1.807, 2.05) is 41.8 Å². The summed E-state index contributed by atoms with van der Waals surface area (Å²) >= 11 is 2.38. The second-order valence-electron chi connectivity index (χ2n) is 5.69. The van der Waals surface area contributed by atoms with Crippen molar-refractivity contribution >= 4 is 40.1 Å². The molecule has 0 aliphatic carbocycles. The SMILES string of the molecule is CCOC(=O)c1sc(NC(=O)CSc2nnc(C)n2-c2ccccc2)nc1C. The summed E-state index contributed by atoms with van der Waals surface area (Å²) in [7, 11) is 0. The molecule has 3 rings (SSSR count). The van der Waals surface area contributed by atoms with E-state index in [2.05, 4.69) is 20.5 Å². The van der Waals surface area contributed by atoms with Crippen LogP contribution in [0.2, 0.25) is 0 Å². The van der Waals surface area contributed by atoms with Crippen LogP contribution in [0.3, 0.4) is 0 Å². The number of aromatic nitrogens is 4. The predicted molar refractivity (Wildman–Crippen MR) is 108 cm³/mol. The molecule has 0 aliphatic heterocycles. The minimum absolute atomic E-state index is 0.137. The number of carbonyl (C=O) groups is 2. The number of thiazole rings is 1. The Morgan fingerprint density at radius 1 is 1.21 bits per heavy atom. The number of hydrogen-bond donors (Lipinski definition) is 1. The van der Waals surface area contributed by atoms with Crippen LogP contribution in [0.5, 0.6) is 0 Å². The van der Waals surface area contributed by atoms with Crippen molar-refractivity contribution in [3.63, 3.8) is 0 Å². The molecule has 146 valence electrons. The number of para-hydroxylation sites is 1. The van der Waals surface area contributed by atoms with Gasteiger partial charge in [0.1, 0.15) is 10.7 Å². The Morgan fingerprint density at radius 2 is 1.96 bits per heavy atom. The lowest BCUT2D eigenvalue weighted by atomic mass is 10.3. The first-order valence-electron chi connectivity index (χ1n) is 8.54. The molecule has 0 atom stereocenters. The van der Waals surface area contributed by atoms with Crippen LogP contribution in [0.4, 0.5) is 5.13 Å². The fourth-order valence-electron chi connectivity index (χ4n) is 2.43. The van der Waals surface area contributed by atoms with Crippen molar-refractivity contribution in [1.82, 2.24) is 19.7 Å². The van der Waals surface area contributed by atoms with Crippen molar-refractivity contribution in [2.24, 2.45) is 0 Å². The summed E-state index contributed by atoms with van der Waals surface area (Å²) in [5, 5.41) is 12.0. The van der Waals surface area contributed by atoms with E-state index < -0.39 is 5.97 Å². The number of nitrogens with one attached hydrogen (secondary N) is 1. The lowest BCUT2D eigenvalue weighted by molar-refractivity contribution is -0.113. The van der Waals surface area contributed by atoms with Crippen LogP contribution >= 0.6 is 23.1 Å². The zero-order chi connectivity index (χ0) is 20.1. The molecule has 1 N–H and O–H groups in total. The quantitative estimate of drug-likeness (QED) is 0.465. The van der Waals surface area contributed by atoms with Crippen LogP contribution in [0.15, 0.2) is 35.5 Å². The van der Waals surface area contributed by atoms with E-state index in [0.717, 1.165) is 22.8 Å².